The SMILES string of the molecule is CC[C@@H](C)N(C(=O)Nc1ccccc1)[C@@H](C)CC. The number of amides is 2. The molecule has 3 heteroatoms. The van der Waals surface area contributed by atoms with E-state index in [1.54, 1.807) is 0 Å². The first-order chi connectivity index (χ1) is 8.60. The smallest absolute Gasteiger partial charge is 0.319 e. The van der Waals surface area contributed by atoms with E-state index in [1.807, 2.05) is 35.2 Å². The van der Waals surface area contributed by atoms with Gasteiger partial charge in [-0.2, -0.15) is 0 Å². The minimum Gasteiger partial charge on any atom is -0.319 e. The lowest BCUT2D eigenvalue weighted by atomic mass is 10.1. The van der Waals surface area contributed by atoms with Crippen molar-refractivity contribution < 1.29 is 4.79 Å². The molecular weight excluding hydrogens is 224 g/mol. The van der Waals surface area contributed by atoms with Crippen molar-refractivity contribution in [2.75, 3.05) is 5.32 Å². The molecule has 0 bridgehead atoms. The molecule has 0 heterocycles. The zero-order chi connectivity index (χ0) is 13.5. The van der Waals surface area contributed by atoms with Crippen molar-refractivity contribution in [2.45, 2.75) is 52.6 Å². The maximum Gasteiger partial charge on any atom is 0.322 e. The minimum atomic E-state index is -0.00935. The number of carbonyl (C=O) groups is 1. The summed E-state index contributed by atoms with van der Waals surface area (Å²) in [5.74, 6) is 0. The molecule has 2 atom stereocenters. The second kappa shape index (κ2) is 7.04. The number of urea groups is 1. The van der Waals surface area contributed by atoms with Crippen molar-refractivity contribution in [1.82, 2.24) is 4.90 Å². The Hall–Kier alpha value is -1.51. The van der Waals surface area contributed by atoms with Crippen LogP contribution in [-0.4, -0.2) is 23.0 Å². The molecule has 18 heavy (non-hydrogen) atoms. The van der Waals surface area contributed by atoms with E-state index in [1.165, 1.54) is 0 Å². The minimum absolute atomic E-state index is 0.00935. The van der Waals surface area contributed by atoms with E-state index in [2.05, 4.69) is 33.0 Å². The molecule has 0 spiro atoms. The van der Waals surface area contributed by atoms with E-state index in [4.69, 9.17) is 0 Å². The highest BCUT2D eigenvalue weighted by Gasteiger charge is 2.23. The molecule has 0 aromatic heterocycles. The van der Waals surface area contributed by atoms with E-state index >= 15 is 0 Å². The first-order valence-corrected chi connectivity index (χ1v) is 6.74. The van der Waals surface area contributed by atoms with E-state index in [0.29, 0.717) is 0 Å². The molecule has 0 aliphatic rings. The van der Waals surface area contributed by atoms with Gasteiger partial charge in [0.15, 0.2) is 0 Å². The predicted octanol–water partition coefficient (Wildman–Crippen LogP) is 4.12. The standard InChI is InChI=1S/C15H24N2O/c1-5-12(3)17(13(4)6-2)15(18)16-14-10-8-7-9-11-14/h7-13H,5-6H2,1-4H3,(H,16,18)/t12-,13+. The van der Waals surface area contributed by atoms with Gasteiger partial charge in [0, 0.05) is 17.8 Å². The molecule has 1 N–H and O–H groups in total. The molecule has 3 nitrogen and oxygen atoms in total. The Morgan fingerprint density at radius 1 is 1.11 bits per heavy atom. The number of carbonyl (C=O) groups excluding carboxylic acids is 1. The molecule has 0 unspecified atom stereocenters. The molecule has 2 amide bonds. The molecule has 1 aromatic rings. The molecule has 0 fully saturated rings. The zero-order valence-electron chi connectivity index (χ0n) is 11.8. The molecule has 0 aliphatic carbocycles. The fourth-order valence-corrected chi connectivity index (χ4v) is 1.94. The van der Waals surface area contributed by atoms with Gasteiger partial charge in [-0.1, -0.05) is 32.0 Å². The predicted molar refractivity (Wildman–Crippen MR) is 76.8 cm³/mol. The van der Waals surface area contributed by atoms with Gasteiger partial charge in [-0.25, -0.2) is 4.79 Å². The van der Waals surface area contributed by atoms with Gasteiger partial charge in [0.1, 0.15) is 0 Å². The van der Waals surface area contributed by atoms with Crippen molar-refractivity contribution in [2.24, 2.45) is 0 Å². The maximum absolute atomic E-state index is 12.3. The first kappa shape index (κ1) is 14.6. The van der Waals surface area contributed by atoms with Gasteiger partial charge in [-0.05, 0) is 38.8 Å². The average molecular weight is 248 g/mol. The van der Waals surface area contributed by atoms with E-state index in [9.17, 15) is 4.79 Å². The molecular formula is C15H24N2O. The summed E-state index contributed by atoms with van der Waals surface area (Å²) >= 11 is 0. The molecule has 0 saturated heterocycles. The molecule has 1 rings (SSSR count). The quantitative estimate of drug-likeness (QED) is 0.835. The first-order valence-electron chi connectivity index (χ1n) is 6.74. The Morgan fingerprint density at radius 3 is 2.06 bits per heavy atom. The van der Waals surface area contributed by atoms with Crippen LogP contribution in [0.25, 0.3) is 0 Å². The van der Waals surface area contributed by atoms with Gasteiger partial charge in [-0.15, -0.1) is 0 Å². The van der Waals surface area contributed by atoms with Crippen LogP contribution in [0.15, 0.2) is 30.3 Å². The van der Waals surface area contributed by atoms with Crippen LogP contribution >= 0.6 is 0 Å². The topological polar surface area (TPSA) is 32.3 Å². The number of hydrogen-bond acceptors (Lipinski definition) is 1. The summed E-state index contributed by atoms with van der Waals surface area (Å²) in [6.45, 7) is 8.40. The van der Waals surface area contributed by atoms with E-state index in [-0.39, 0.29) is 18.1 Å². The summed E-state index contributed by atoms with van der Waals surface area (Å²) < 4.78 is 0. The lowest BCUT2D eigenvalue weighted by Gasteiger charge is -2.33. The third-order valence-corrected chi connectivity index (χ3v) is 3.39. The lowest BCUT2D eigenvalue weighted by Crippen LogP contribution is -2.46. The third kappa shape index (κ3) is 3.76. The van der Waals surface area contributed by atoms with Gasteiger partial charge in [0.2, 0.25) is 0 Å². The van der Waals surface area contributed by atoms with Gasteiger partial charge >= 0.3 is 6.03 Å². The Morgan fingerprint density at radius 2 is 1.61 bits per heavy atom. The highest BCUT2D eigenvalue weighted by molar-refractivity contribution is 5.89. The maximum atomic E-state index is 12.3. The Bertz CT molecular complexity index is 354. The number of hydrogen-bond donors (Lipinski definition) is 1. The van der Waals surface area contributed by atoms with Crippen LogP contribution in [0.2, 0.25) is 0 Å². The highest BCUT2D eigenvalue weighted by Crippen LogP contribution is 2.15. The third-order valence-electron chi connectivity index (χ3n) is 3.39. The summed E-state index contributed by atoms with van der Waals surface area (Å²) in [6.07, 6.45) is 1.93. The largest absolute Gasteiger partial charge is 0.322 e. The second-order valence-corrected chi connectivity index (χ2v) is 4.72. The van der Waals surface area contributed by atoms with Crippen LogP contribution < -0.4 is 5.32 Å². The van der Waals surface area contributed by atoms with Crippen molar-refractivity contribution in [3.8, 4) is 0 Å². The van der Waals surface area contributed by atoms with Crippen LogP contribution in [-0.2, 0) is 0 Å². The van der Waals surface area contributed by atoms with E-state index < -0.39 is 0 Å². The monoisotopic (exact) mass is 248 g/mol. The number of anilines is 1. The average Bonchev–Trinajstić information content (AvgIpc) is 2.39. The number of nitrogens with zero attached hydrogens (tertiary/aromatic N) is 1. The Labute approximate surface area is 110 Å². The molecule has 0 saturated carbocycles. The summed E-state index contributed by atoms with van der Waals surface area (Å²) in [4.78, 5) is 14.3. The molecule has 1 aromatic carbocycles. The van der Waals surface area contributed by atoms with Gasteiger partial charge in [0.25, 0.3) is 0 Å². The summed E-state index contributed by atoms with van der Waals surface area (Å²) in [5.41, 5.74) is 0.846. The fraction of sp³-hybridized carbons (Fsp3) is 0.533. The van der Waals surface area contributed by atoms with Crippen LogP contribution in [0.5, 0.6) is 0 Å². The van der Waals surface area contributed by atoms with Crippen LogP contribution in [0.1, 0.15) is 40.5 Å². The van der Waals surface area contributed by atoms with Crippen LogP contribution in [0.3, 0.4) is 0 Å². The Kier molecular flexibility index (Phi) is 5.69. The van der Waals surface area contributed by atoms with Gasteiger partial charge in [0.05, 0.1) is 0 Å². The normalized spacial score (nSPS) is 13.8. The number of nitrogens with one attached hydrogen (secondary N) is 1. The number of para-hydroxylation sites is 1. The number of benzene rings is 1. The van der Waals surface area contributed by atoms with E-state index in [0.717, 1.165) is 18.5 Å². The Balaban J connectivity index is 2.77. The van der Waals surface area contributed by atoms with Crippen molar-refractivity contribution in [3.63, 3.8) is 0 Å². The van der Waals surface area contributed by atoms with Crippen molar-refractivity contribution in [3.05, 3.63) is 30.3 Å². The lowest BCUT2D eigenvalue weighted by molar-refractivity contribution is 0.163. The molecule has 0 aliphatic heterocycles. The van der Waals surface area contributed by atoms with Gasteiger partial charge < -0.3 is 10.2 Å². The molecule has 0 radical (unpaired) electrons. The summed E-state index contributed by atoms with van der Waals surface area (Å²) in [6, 6.07) is 10.1. The molecule has 100 valence electrons. The fourth-order valence-electron chi connectivity index (χ4n) is 1.94. The number of rotatable bonds is 5. The summed E-state index contributed by atoms with van der Waals surface area (Å²) in [7, 11) is 0. The zero-order valence-corrected chi connectivity index (χ0v) is 11.8. The summed E-state index contributed by atoms with van der Waals surface area (Å²) in [5, 5.41) is 2.96. The van der Waals surface area contributed by atoms with Crippen LogP contribution in [0.4, 0.5) is 10.5 Å². The van der Waals surface area contributed by atoms with Crippen molar-refractivity contribution >= 4 is 11.7 Å². The van der Waals surface area contributed by atoms with Crippen LogP contribution in [0, 0.1) is 0 Å². The van der Waals surface area contributed by atoms with Gasteiger partial charge in [-0.3, -0.25) is 0 Å². The highest BCUT2D eigenvalue weighted by atomic mass is 16.2. The second-order valence-electron chi connectivity index (χ2n) is 4.72. The van der Waals surface area contributed by atoms with Crippen molar-refractivity contribution in [1.29, 1.82) is 0 Å².